The smallest absolute Gasteiger partial charge is 0.254 e. The highest BCUT2D eigenvalue weighted by Crippen LogP contribution is 2.49. The van der Waals surface area contributed by atoms with Gasteiger partial charge in [0.25, 0.3) is 5.79 Å². The highest BCUT2D eigenvalue weighted by atomic mass is 16.7. The molecule has 0 aromatic heterocycles. The van der Waals surface area contributed by atoms with Crippen molar-refractivity contribution in [3.05, 3.63) is 83.1 Å². The van der Waals surface area contributed by atoms with Gasteiger partial charge in [-0.15, -0.1) is 0 Å². The van der Waals surface area contributed by atoms with E-state index in [0.717, 1.165) is 11.1 Å². The molecule has 0 saturated heterocycles. The van der Waals surface area contributed by atoms with Gasteiger partial charge in [0.1, 0.15) is 17.1 Å². The Morgan fingerprint density at radius 2 is 1.70 bits per heavy atom. The van der Waals surface area contributed by atoms with Gasteiger partial charge in [0, 0.05) is 20.6 Å². The van der Waals surface area contributed by atoms with Crippen molar-refractivity contribution < 1.29 is 28.9 Å². The fraction of sp³-hybridized carbons (Fsp3) is 0.250. The minimum absolute atomic E-state index is 0.152. The molecule has 2 aromatic carbocycles. The molecule has 154 valence electrons. The van der Waals surface area contributed by atoms with Crippen LogP contribution in [0.15, 0.2) is 72.0 Å². The molecule has 0 unspecified atom stereocenters. The van der Waals surface area contributed by atoms with Gasteiger partial charge in [-0.05, 0) is 23.3 Å². The van der Waals surface area contributed by atoms with Crippen LogP contribution in [-0.4, -0.2) is 42.3 Å². The summed E-state index contributed by atoms with van der Waals surface area (Å²) in [5, 5.41) is 10.6. The third kappa shape index (κ3) is 2.96. The van der Waals surface area contributed by atoms with Crippen LogP contribution in [0.2, 0.25) is 0 Å². The maximum Gasteiger partial charge on any atom is 0.254 e. The first-order chi connectivity index (χ1) is 14.5. The molecule has 6 nitrogen and oxygen atoms in total. The summed E-state index contributed by atoms with van der Waals surface area (Å²) in [6.45, 7) is 0. The molecule has 2 atom stereocenters. The SMILES string of the molecule is CO[C@@]12CC(=O)C(=C(O)C=Cc3ccccc3)C(=O)[C@]1(OC)Cc1ccccc1O2. The first kappa shape index (κ1) is 20.1. The molecule has 1 aliphatic carbocycles. The van der Waals surface area contributed by atoms with E-state index in [0.29, 0.717) is 5.75 Å². The van der Waals surface area contributed by atoms with E-state index in [2.05, 4.69) is 0 Å². The normalized spacial score (nSPS) is 27.4. The van der Waals surface area contributed by atoms with Gasteiger partial charge in [-0.1, -0.05) is 54.6 Å². The van der Waals surface area contributed by atoms with Crippen LogP contribution < -0.4 is 4.74 Å². The maximum absolute atomic E-state index is 13.6. The largest absolute Gasteiger partial charge is 0.507 e. The zero-order chi connectivity index (χ0) is 21.4. The molecule has 1 saturated carbocycles. The van der Waals surface area contributed by atoms with Crippen LogP contribution >= 0.6 is 0 Å². The van der Waals surface area contributed by atoms with Crippen LogP contribution in [0.3, 0.4) is 0 Å². The van der Waals surface area contributed by atoms with Crippen molar-refractivity contribution in [2.24, 2.45) is 0 Å². The minimum atomic E-state index is -1.61. The Bertz CT molecular complexity index is 1050. The van der Waals surface area contributed by atoms with Crippen molar-refractivity contribution in [3.63, 3.8) is 0 Å². The van der Waals surface area contributed by atoms with E-state index < -0.39 is 28.7 Å². The zero-order valence-corrected chi connectivity index (χ0v) is 16.8. The monoisotopic (exact) mass is 406 g/mol. The molecule has 0 spiro atoms. The quantitative estimate of drug-likeness (QED) is 0.476. The van der Waals surface area contributed by atoms with Crippen molar-refractivity contribution in [1.29, 1.82) is 0 Å². The first-order valence-corrected chi connectivity index (χ1v) is 9.58. The Balaban J connectivity index is 1.80. The summed E-state index contributed by atoms with van der Waals surface area (Å²) in [5.74, 6) is -2.71. The average Bonchev–Trinajstić information content (AvgIpc) is 2.77. The Hall–Kier alpha value is -3.22. The van der Waals surface area contributed by atoms with E-state index in [-0.39, 0.29) is 18.4 Å². The number of aliphatic hydroxyl groups excluding tert-OH is 1. The van der Waals surface area contributed by atoms with Gasteiger partial charge in [-0.3, -0.25) is 9.59 Å². The van der Waals surface area contributed by atoms with Crippen LogP contribution in [0.1, 0.15) is 17.5 Å². The molecule has 0 radical (unpaired) electrons. The summed E-state index contributed by atoms with van der Waals surface area (Å²) in [7, 11) is 2.76. The van der Waals surface area contributed by atoms with Crippen molar-refractivity contribution in [2.45, 2.75) is 24.2 Å². The summed E-state index contributed by atoms with van der Waals surface area (Å²) < 4.78 is 17.4. The molecule has 2 aromatic rings. The second kappa shape index (κ2) is 7.55. The number of carbonyl (C=O) groups excluding carboxylic acids is 2. The second-order valence-corrected chi connectivity index (χ2v) is 7.31. The molecule has 1 aliphatic heterocycles. The van der Waals surface area contributed by atoms with Crippen LogP contribution in [-0.2, 0) is 25.5 Å². The number of allylic oxidation sites excluding steroid dienone is 1. The lowest BCUT2D eigenvalue weighted by Gasteiger charge is -2.52. The zero-order valence-electron chi connectivity index (χ0n) is 16.8. The predicted octanol–water partition coefficient (Wildman–Crippen LogP) is 3.42. The number of fused-ring (bicyclic) bond motifs is 2. The molecule has 4 rings (SSSR count). The van der Waals surface area contributed by atoms with Crippen molar-refractivity contribution in [3.8, 4) is 5.75 Å². The first-order valence-electron chi connectivity index (χ1n) is 9.58. The van der Waals surface area contributed by atoms with Gasteiger partial charge in [-0.2, -0.15) is 0 Å². The summed E-state index contributed by atoms with van der Waals surface area (Å²) in [4.78, 5) is 26.6. The van der Waals surface area contributed by atoms with Crippen molar-refractivity contribution in [2.75, 3.05) is 14.2 Å². The fourth-order valence-electron chi connectivity index (χ4n) is 4.15. The average molecular weight is 406 g/mol. The number of aliphatic hydroxyl groups is 1. The summed E-state index contributed by atoms with van der Waals surface area (Å²) in [6, 6.07) is 16.5. The summed E-state index contributed by atoms with van der Waals surface area (Å²) in [6.07, 6.45) is 2.86. The van der Waals surface area contributed by atoms with Gasteiger partial charge < -0.3 is 19.3 Å². The Morgan fingerprint density at radius 1 is 1.00 bits per heavy atom. The number of hydrogen-bond donors (Lipinski definition) is 1. The number of methoxy groups -OCH3 is 2. The molecule has 1 fully saturated rings. The van der Waals surface area contributed by atoms with Gasteiger partial charge in [0.05, 0.1) is 6.42 Å². The van der Waals surface area contributed by atoms with Crippen LogP contribution in [0.5, 0.6) is 5.75 Å². The fourth-order valence-corrected chi connectivity index (χ4v) is 4.15. The third-order valence-electron chi connectivity index (χ3n) is 5.74. The van der Waals surface area contributed by atoms with Crippen LogP contribution in [0, 0.1) is 0 Å². The molecular weight excluding hydrogens is 384 g/mol. The van der Waals surface area contributed by atoms with Gasteiger partial charge in [-0.25, -0.2) is 0 Å². The number of carbonyl (C=O) groups is 2. The van der Waals surface area contributed by atoms with Crippen LogP contribution in [0.4, 0.5) is 0 Å². The topological polar surface area (TPSA) is 82.1 Å². The number of rotatable bonds is 4. The standard InChI is InChI=1S/C24H22O6/c1-28-23-14-17-10-6-7-11-20(17)30-24(23,29-2)15-19(26)21(22(23)27)18(25)13-12-16-8-4-3-5-9-16/h3-13,25H,14-15H2,1-2H3/t23-,24-/m1/s1. The summed E-state index contributed by atoms with van der Waals surface area (Å²) in [5.41, 5.74) is -0.329. The predicted molar refractivity (Wildman–Crippen MR) is 110 cm³/mol. The number of hydrogen-bond acceptors (Lipinski definition) is 6. The van der Waals surface area contributed by atoms with E-state index in [1.54, 1.807) is 18.2 Å². The third-order valence-corrected chi connectivity index (χ3v) is 5.74. The van der Waals surface area contributed by atoms with E-state index in [1.807, 2.05) is 42.5 Å². The number of ether oxygens (including phenoxy) is 3. The Kier molecular flexibility index (Phi) is 5.05. The van der Waals surface area contributed by atoms with E-state index in [4.69, 9.17) is 14.2 Å². The highest BCUT2D eigenvalue weighted by Gasteiger charge is 2.68. The highest BCUT2D eigenvalue weighted by molar-refractivity contribution is 6.26. The Morgan fingerprint density at radius 3 is 2.40 bits per heavy atom. The minimum Gasteiger partial charge on any atom is -0.507 e. The molecule has 6 heteroatoms. The molecule has 1 N–H and O–H groups in total. The molecule has 2 aliphatic rings. The number of Topliss-reactive ketones (excluding diaryl/α,β-unsaturated/α-hetero) is 2. The van der Waals surface area contributed by atoms with Crippen LogP contribution in [0.25, 0.3) is 6.08 Å². The number of para-hydroxylation sites is 1. The molecule has 30 heavy (non-hydrogen) atoms. The van der Waals surface area contributed by atoms with Crippen molar-refractivity contribution >= 4 is 17.6 Å². The molecule has 0 amide bonds. The van der Waals surface area contributed by atoms with E-state index >= 15 is 0 Å². The van der Waals surface area contributed by atoms with E-state index in [9.17, 15) is 14.7 Å². The lowest BCUT2D eigenvalue weighted by molar-refractivity contribution is -0.278. The van der Waals surface area contributed by atoms with Gasteiger partial charge >= 0.3 is 0 Å². The lowest BCUT2D eigenvalue weighted by Crippen LogP contribution is -2.71. The lowest BCUT2D eigenvalue weighted by atomic mass is 9.69. The number of benzene rings is 2. The maximum atomic E-state index is 13.6. The number of ketones is 2. The molecule has 1 heterocycles. The van der Waals surface area contributed by atoms with Gasteiger partial charge in [0.2, 0.25) is 11.4 Å². The van der Waals surface area contributed by atoms with Crippen molar-refractivity contribution in [1.82, 2.24) is 0 Å². The molecule has 0 bridgehead atoms. The molecular formula is C24H22O6. The van der Waals surface area contributed by atoms with E-state index in [1.165, 1.54) is 20.3 Å². The van der Waals surface area contributed by atoms with Gasteiger partial charge in [0.15, 0.2) is 5.78 Å². The second-order valence-electron chi connectivity index (χ2n) is 7.31. The Labute approximate surface area is 174 Å². The summed E-state index contributed by atoms with van der Waals surface area (Å²) >= 11 is 0.